The lowest BCUT2D eigenvalue weighted by Crippen LogP contribution is -2.63. The van der Waals surface area contributed by atoms with Gasteiger partial charge in [0.2, 0.25) is 37.2 Å². The number of aliphatic carboxylic acids is 1. The highest BCUT2D eigenvalue weighted by Gasteiger charge is 2.62. The molecule has 6 aliphatic rings. The van der Waals surface area contributed by atoms with Gasteiger partial charge in [0.15, 0.2) is 0 Å². The Labute approximate surface area is 441 Å². The summed E-state index contributed by atoms with van der Waals surface area (Å²) in [6.07, 6.45) is -1.85. The molecule has 404 valence electrons. The Morgan fingerprint density at radius 2 is 1.11 bits per heavy atom. The Balaban J connectivity index is 0.000000264. The molecule has 0 unspecified atom stereocenters. The number of nitrogens with zero attached hydrogens (tertiary/aromatic N) is 5. The van der Waals surface area contributed by atoms with Crippen molar-refractivity contribution < 1.29 is 77.4 Å². The van der Waals surface area contributed by atoms with Crippen molar-refractivity contribution in [2.75, 3.05) is 54.9 Å². The number of aliphatic hydroxyl groups is 2. The molecule has 6 aliphatic heterocycles. The zero-order valence-electron chi connectivity index (χ0n) is 42.6. The van der Waals surface area contributed by atoms with Crippen LogP contribution in [0.25, 0.3) is 0 Å². The van der Waals surface area contributed by atoms with Crippen LogP contribution in [-0.4, -0.2) is 195 Å². The maximum Gasteiger partial charge on any atom is 0.413 e. The van der Waals surface area contributed by atoms with Crippen LogP contribution < -0.4 is 5.32 Å². The molecule has 0 radical (unpaired) electrons. The number of carbonyl (C=O) groups excluding carboxylic acids is 8. The van der Waals surface area contributed by atoms with Crippen LogP contribution in [0.3, 0.4) is 0 Å². The number of amides is 5. The molecule has 0 aliphatic carbocycles. The van der Waals surface area contributed by atoms with Crippen LogP contribution in [-0.2, 0) is 47.7 Å². The van der Waals surface area contributed by atoms with Crippen molar-refractivity contribution >= 4 is 77.1 Å². The van der Waals surface area contributed by atoms with E-state index in [-0.39, 0.29) is 76.5 Å². The molecule has 0 bridgehead atoms. The maximum atomic E-state index is 13.5. The minimum absolute atomic E-state index is 0.00757. The predicted octanol–water partition coefficient (Wildman–Crippen LogP) is 2.32. The molecule has 75 heavy (non-hydrogen) atoms. The number of likely N-dealkylation sites (N-methyl/N-ethyl adjacent to an activating group) is 2. The van der Waals surface area contributed by atoms with Crippen LogP contribution >= 0.6 is 23.5 Å². The zero-order chi connectivity index (χ0) is 54.7. The topological polar surface area (TPSA) is 279 Å². The fourth-order valence-corrected chi connectivity index (χ4v) is 13.4. The van der Waals surface area contributed by atoms with Crippen LogP contribution in [0, 0.1) is 23.7 Å². The van der Waals surface area contributed by atoms with Gasteiger partial charge in [-0.1, -0.05) is 50.2 Å². The van der Waals surface area contributed by atoms with E-state index in [4.69, 9.17) is 18.9 Å². The summed E-state index contributed by atoms with van der Waals surface area (Å²) < 4.78 is 20.7. The van der Waals surface area contributed by atoms with Gasteiger partial charge in [-0.3, -0.25) is 24.1 Å². The third-order valence-corrected chi connectivity index (χ3v) is 17.0. The Morgan fingerprint density at radius 3 is 1.59 bits per heavy atom. The first-order valence-electron chi connectivity index (χ1n) is 24.3. The van der Waals surface area contributed by atoms with Gasteiger partial charge in [0, 0.05) is 73.4 Å². The SMILES string of the molecule is C[C@@H](O)[C@H]1C(=O)N2C(C(=O)O)=C(S[C@@H]3CN[C@H](C(=O)N(C)C)C3)[C@H](C)[C@H]12.C[C@@H](O)[C@H]1C(=O)N2C(C(=O)OCOC(=O)c3ccccc3)=C(S[C@H]3C[C@@H](C(=O)N(C)C)N(C(=O)OCOC(=O)c4ccccc4)C3)[C@H](C)[C@H]12. The van der Waals surface area contributed by atoms with Crippen LogP contribution in [0.5, 0.6) is 0 Å². The third-order valence-electron chi connectivity index (χ3n) is 14.0. The Hall–Kier alpha value is -6.47. The first kappa shape index (κ1) is 56.3. The Morgan fingerprint density at radius 1 is 0.653 bits per heavy atom. The molecule has 4 fully saturated rings. The van der Waals surface area contributed by atoms with Gasteiger partial charge < -0.3 is 59.2 Å². The Bertz CT molecular complexity index is 2630. The molecule has 2 aromatic rings. The molecule has 6 heterocycles. The highest BCUT2D eigenvalue weighted by Crippen LogP contribution is 2.54. The number of β-lactam (4-membered cyclic amide) rings is 2. The van der Waals surface area contributed by atoms with E-state index in [1.807, 2.05) is 13.8 Å². The van der Waals surface area contributed by atoms with Crippen molar-refractivity contribution in [3.05, 3.63) is 93.0 Å². The molecule has 8 rings (SSSR count). The zero-order valence-corrected chi connectivity index (χ0v) is 44.3. The number of thioether (sulfide) groups is 2. The molecule has 4 N–H and O–H groups in total. The first-order chi connectivity index (χ1) is 35.5. The summed E-state index contributed by atoms with van der Waals surface area (Å²) in [4.78, 5) is 122. The molecule has 4 saturated heterocycles. The molecule has 5 amide bonds. The van der Waals surface area contributed by atoms with Gasteiger partial charge in [0.05, 0.1) is 53.3 Å². The second-order valence-electron chi connectivity index (χ2n) is 19.5. The van der Waals surface area contributed by atoms with E-state index >= 15 is 0 Å². The van der Waals surface area contributed by atoms with Crippen molar-refractivity contribution in [2.45, 2.75) is 87.4 Å². The minimum Gasteiger partial charge on any atom is -0.477 e. The van der Waals surface area contributed by atoms with Gasteiger partial charge in [0.1, 0.15) is 17.4 Å². The third kappa shape index (κ3) is 11.5. The quantitative estimate of drug-likeness (QED) is 0.107. The number of hydrogen-bond acceptors (Lipinski definition) is 18. The molecule has 22 nitrogen and oxygen atoms in total. The monoisotopic (exact) mass is 1080 g/mol. The lowest BCUT2D eigenvalue weighted by molar-refractivity contribution is -0.166. The normalized spacial score (nSPS) is 27.2. The highest BCUT2D eigenvalue weighted by molar-refractivity contribution is 8.04. The molecule has 0 saturated carbocycles. The number of esters is 3. The van der Waals surface area contributed by atoms with Crippen LogP contribution in [0.4, 0.5) is 4.79 Å². The number of aliphatic hydroxyl groups excluding tert-OH is 2. The summed E-state index contributed by atoms with van der Waals surface area (Å²) >= 11 is 2.67. The molecule has 2 aromatic carbocycles. The van der Waals surface area contributed by atoms with Crippen molar-refractivity contribution in [1.29, 1.82) is 0 Å². The summed E-state index contributed by atoms with van der Waals surface area (Å²) in [5.41, 5.74) is 0.545. The smallest absolute Gasteiger partial charge is 0.413 e. The lowest BCUT2D eigenvalue weighted by Gasteiger charge is -2.46. The molecular weight excluding hydrogens is 1020 g/mol. The fourth-order valence-electron chi connectivity index (χ4n) is 10.4. The Kier molecular flexibility index (Phi) is 17.7. The van der Waals surface area contributed by atoms with Crippen molar-refractivity contribution in [1.82, 2.24) is 29.8 Å². The van der Waals surface area contributed by atoms with Crippen molar-refractivity contribution in [2.24, 2.45) is 23.7 Å². The van der Waals surface area contributed by atoms with E-state index in [9.17, 15) is 58.5 Å². The number of nitrogens with one attached hydrogen (secondary N) is 1. The van der Waals surface area contributed by atoms with E-state index < -0.39 is 96.8 Å². The van der Waals surface area contributed by atoms with Gasteiger partial charge in [-0.05, 0) is 51.0 Å². The van der Waals surface area contributed by atoms with Crippen molar-refractivity contribution in [3.8, 4) is 0 Å². The number of hydrogen-bond donors (Lipinski definition) is 4. The predicted molar refractivity (Wildman–Crippen MR) is 269 cm³/mol. The molecule has 0 aromatic heterocycles. The summed E-state index contributed by atoms with van der Waals surface area (Å²) in [6, 6.07) is 14.3. The molecule has 24 heteroatoms. The average molecular weight is 1080 g/mol. The number of rotatable bonds is 16. The molecular formula is C51H62N6O16S2. The van der Waals surface area contributed by atoms with Gasteiger partial charge in [0.25, 0.3) is 0 Å². The van der Waals surface area contributed by atoms with Crippen LogP contribution in [0.1, 0.15) is 61.3 Å². The standard InChI is InChI=1S/C34H37N3O11S.C17H25N3O5S/c1-19-26-25(20(2)38)30(40)37(26)27(33(43)47-17-45-31(41)21-11-7-5-8-12-21)28(19)49-23-15-24(29(39)35(3)4)36(16-23)34(44)48-18-46-32(42)22-13-9-6-10-14-22;1-7-12-11(8(2)21)16(23)20(12)13(17(24)25)14(7)26-9-5-10(18-6-9)15(22)19(3)4/h5-14,19-20,23-26,38H,15-18H2,1-4H3;7-12,18,21H,5-6H2,1-4H3,(H,24,25)/t19-,20-,23+,24+,25-,26-;7-,8-,9+,10+,11-,12-/m11/s1. The van der Waals surface area contributed by atoms with E-state index in [2.05, 4.69) is 5.32 Å². The van der Waals surface area contributed by atoms with Gasteiger partial charge in [-0.15, -0.1) is 23.5 Å². The number of benzene rings is 2. The second-order valence-corrected chi connectivity index (χ2v) is 22.1. The number of fused-ring (bicyclic) bond motifs is 2. The summed E-state index contributed by atoms with van der Waals surface area (Å²) in [6.45, 7) is 6.07. The molecule has 0 spiro atoms. The van der Waals surface area contributed by atoms with Crippen LogP contribution in [0.15, 0.2) is 81.9 Å². The van der Waals surface area contributed by atoms with Gasteiger partial charge in [-0.25, -0.2) is 24.0 Å². The van der Waals surface area contributed by atoms with Gasteiger partial charge >= 0.3 is 30.0 Å². The minimum atomic E-state index is -1.12. The number of likely N-dealkylation sites (tertiary alicyclic amines) is 1. The van der Waals surface area contributed by atoms with Gasteiger partial charge in [-0.2, -0.15) is 0 Å². The van der Waals surface area contributed by atoms with E-state index in [1.165, 1.54) is 50.0 Å². The van der Waals surface area contributed by atoms with E-state index in [0.717, 1.165) is 0 Å². The number of carbonyl (C=O) groups is 9. The lowest BCUT2D eigenvalue weighted by atomic mass is 9.79. The summed E-state index contributed by atoms with van der Waals surface area (Å²) in [5, 5.41) is 32.7. The van der Waals surface area contributed by atoms with E-state index in [0.29, 0.717) is 22.8 Å². The number of carboxylic acids is 1. The largest absolute Gasteiger partial charge is 0.477 e. The number of ether oxygens (including phenoxy) is 4. The second kappa shape index (κ2) is 23.6. The summed E-state index contributed by atoms with van der Waals surface area (Å²) in [7, 11) is 6.53. The summed E-state index contributed by atoms with van der Waals surface area (Å²) in [5.74, 6) is -6.37. The maximum absolute atomic E-state index is 13.5. The fraction of sp³-hybridized carbons (Fsp3) is 0.510. The van der Waals surface area contributed by atoms with Crippen LogP contribution in [0.2, 0.25) is 0 Å². The first-order valence-corrected chi connectivity index (χ1v) is 26.1. The number of carboxylic acid groups (broad SMARTS) is 1. The van der Waals surface area contributed by atoms with E-state index in [1.54, 1.807) is 101 Å². The average Bonchev–Trinajstić information content (AvgIpc) is 4.13. The molecule has 12 atom stereocenters. The highest BCUT2D eigenvalue weighted by atomic mass is 32.2. The van der Waals surface area contributed by atoms with Crippen molar-refractivity contribution in [3.63, 3.8) is 0 Å².